The van der Waals surface area contributed by atoms with E-state index >= 15 is 0 Å². The molecule has 3 rings (SSSR count). The van der Waals surface area contributed by atoms with Crippen LogP contribution in [-0.2, 0) is 4.79 Å². The average molecular weight is 319 g/mol. The maximum Gasteiger partial charge on any atom is 0.471 e. The van der Waals surface area contributed by atoms with Crippen molar-refractivity contribution in [3.63, 3.8) is 0 Å². The minimum Gasteiger partial charge on any atom is -0.318 e. The molecular formula is C16H12F3N3O. The number of nitrogens with one attached hydrogen (secondary N) is 1. The highest BCUT2D eigenvalue weighted by molar-refractivity contribution is 5.95. The van der Waals surface area contributed by atoms with E-state index < -0.39 is 12.1 Å². The van der Waals surface area contributed by atoms with Crippen LogP contribution < -0.4 is 5.32 Å². The van der Waals surface area contributed by atoms with E-state index in [1.165, 1.54) is 12.1 Å². The first-order valence-electron chi connectivity index (χ1n) is 6.77. The average Bonchev–Trinajstić information content (AvgIpc) is 2.89. The lowest BCUT2D eigenvalue weighted by molar-refractivity contribution is -0.167. The number of nitrogens with zero attached hydrogens (tertiary/aromatic N) is 2. The summed E-state index contributed by atoms with van der Waals surface area (Å²) >= 11 is 0. The van der Waals surface area contributed by atoms with E-state index in [0.717, 1.165) is 11.2 Å². The molecule has 0 aliphatic carbocycles. The number of carbonyl (C=O) groups excluding carboxylic acids is 1. The third-order valence-electron chi connectivity index (χ3n) is 3.27. The number of aromatic nitrogens is 2. The van der Waals surface area contributed by atoms with E-state index in [9.17, 15) is 18.0 Å². The van der Waals surface area contributed by atoms with Gasteiger partial charge >= 0.3 is 12.1 Å². The number of halogens is 3. The van der Waals surface area contributed by atoms with Crippen molar-refractivity contribution in [1.29, 1.82) is 0 Å². The Morgan fingerprint density at radius 3 is 2.70 bits per heavy atom. The first-order chi connectivity index (χ1) is 10.8. The van der Waals surface area contributed by atoms with Crippen molar-refractivity contribution in [1.82, 2.24) is 9.38 Å². The van der Waals surface area contributed by atoms with E-state index in [2.05, 4.69) is 4.98 Å². The number of anilines is 1. The molecule has 1 N–H and O–H groups in total. The first kappa shape index (κ1) is 15.1. The Morgan fingerprint density at radius 1 is 1.17 bits per heavy atom. The summed E-state index contributed by atoms with van der Waals surface area (Å²) in [5.74, 6) is -2.00. The zero-order valence-corrected chi connectivity index (χ0v) is 12.1. The van der Waals surface area contributed by atoms with Gasteiger partial charge in [0.25, 0.3) is 0 Å². The summed E-state index contributed by atoms with van der Waals surface area (Å²) in [6.07, 6.45) is -1.23. The molecule has 0 unspecified atom stereocenters. The second-order valence-corrected chi connectivity index (χ2v) is 5.13. The third kappa shape index (κ3) is 3.18. The fourth-order valence-electron chi connectivity index (χ4n) is 2.20. The summed E-state index contributed by atoms with van der Waals surface area (Å²) in [5.41, 5.74) is 3.09. The van der Waals surface area contributed by atoms with Gasteiger partial charge in [-0.3, -0.25) is 4.79 Å². The van der Waals surface area contributed by atoms with Gasteiger partial charge in [-0.05, 0) is 30.7 Å². The monoisotopic (exact) mass is 319 g/mol. The van der Waals surface area contributed by atoms with Crippen LogP contribution in [0.25, 0.3) is 16.9 Å². The number of hydrogen-bond donors (Lipinski definition) is 1. The van der Waals surface area contributed by atoms with Crippen molar-refractivity contribution in [2.45, 2.75) is 13.1 Å². The summed E-state index contributed by atoms with van der Waals surface area (Å²) in [5, 5.41) is 1.84. The summed E-state index contributed by atoms with van der Waals surface area (Å²) in [4.78, 5) is 15.4. The Bertz CT molecular complexity index is 884. The number of rotatable bonds is 2. The lowest BCUT2D eigenvalue weighted by Crippen LogP contribution is -2.29. The largest absolute Gasteiger partial charge is 0.471 e. The quantitative estimate of drug-likeness (QED) is 0.781. The van der Waals surface area contributed by atoms with Crippen LogP contribution in [0.4, 0.5) is 18.9 Å². The number of aryl methyl sites for hydroxylation is 1. The van der Waals surface area contributed by atoms with Crippen LogP contribution in [0.15, 0.2) is 48.8 Å². The van der Waals surface area contributed by atoms with Gasteiger partial charge in [0.1, 0.15) is 5.65 Å². The molecule has 7 heteroatoms. The fourth-order valence-corrected chi connectivity index (χ4v) is 2.20. The van der Waals surface area contributed by atoms with Gasteiger partial charge in [-0.15, -0.1) is 0 Å². The highest BCUT2D eigenvalue weighted by Crippen LogP contribution is 2.24. The van der Waals surface area contributed by atoms with Crippen LogP contribution in [0.5, 0.6) is 0 Å². The summed E-state index contributed by atoms with van der Waals surface area (Å²) in [7, 11) is 0. The molecule has 0 saturated carbocycles. The highest BCUT2D eigenvalue weighted by atomic mass is 19.4. The molecule has 1 amide bonds. The molecule has 0 atom stereocenters. The number of benzene rings is 1. The summed E-state index contributed by atoms with van der Waals surface area (Å²) in [6.45, 7) is 1.95. The van der Waals surface area contributed by atoms with Crippen molar-refractivity contribution >= 4 is 17.2 Å². The Labute approximate surface area is 129 Å². The SMILES string of the molecule is Cc1ccc2nc(-c3cccc(NC(=O)C(F)(F)F)c3)cn2c1. The summed E-state index contributed by atoms with van der Waals surface area (Å²) in [6, 6.07) is 9.92. The van der Waals surface area contributed by atoms with Gasteiger partial charge in [-0.25, -0.2) is 4.98 Å². The molecule has 23 heavy (non-hydrogen) atoms. The van der Waals surface area contributed by atoms with Crippen LogP contribution >= 0.6 is 0 Å². The van der Waals surface area contributed by atoms with Crippen molar-refractivity contribution in [2.24, 2.45) is 0 Å². The minimum atomic E-state index is -4.92. The number of pyridine rings is 1. The molecule has 0 aliphatic rings. The zero-order valence-electron chi connectivity index (χ0n) is 12.1. The van der Waals surface area contributed by atoms with Crippen LogP contribution in [0.2, 0.25) is 0 Å². The van der Waals surface area contributed by atoms with Gasteiger partial charge in [0.2, 0.25) is 0 Å². The van der Waals surface area contributed by atoms with Gasteiger partial charge in [0, 0.05) is 23.6 Å². The standard InChI is InChI=1S/C16H12F3N3O/c1-10-5-6-14-21-13(9-22(14)8-10)11-3-2-4-12(7-11)20-15(23)16(17,18)19/h2-9H,1H3,(H,20,23). The molecule has 0 radical (unpaired) electrons. The second kappa shape index (κ2) is 5.42. The van der Waals surface area contributed by atoms with Crippen LogP contribution in [0.3, 0.4) is 0 Å². The zero-order chi connectivity index (χ0) is 16.6. The van der Waals surface area contributed by atoms with E-state index in [1.807, 2.05) is 35.0 Å². The smallest absolute Gasteiger partial charge is 0.318 e. The maximum atomic E-state index is 12.3. The second-order valence-electron chi connectivity index (χ2n) is 5.13. The van der Waals surface area contributed by atoms with Crippen molar-refractivity contribution in [3.8, 4) is 11.3 Å². The normalized spacial score (nSPS) is 11.7. The maximum absolute atomic E-state index is 12.3. The summed E-state index contributed by atoms with van der Waals surface area (Å²) < 4.78 is 38.8. The molecule has 0 saturated heterocycles. The molecule has 0 spiro atoms. The van der Waals surface area contributed by atoms with E-state index in [0.29, 0.717) is 11.3 Å². The Morgan fingerprint density at radius 2 is 1.96 bits per heavy atom. The van der Waals surface area contributed by atoms with E-state index in [1.54, 1.807) is 18.3 Å². The molecule has 2 heterocycles. The molecule has 2 aromatic heterocycles. The molecule has 1 aromatic carbocycles. The molecule has 118 valence electrons. The Balaban J connectivity index is 1.93. The fraction of sp³-hybridized carbons (Fsp3) is 0.125. The van der Waals surface area contributed by atoms with Crippen molar-refractivity contribution < 1.29 is 18.0 Å². The lowest BCUT2D eigenvalue weighted by atomic mass is 10.1. The number of hydrogen-bond acceptors (Lipinski definition) is 2. The van der Waals surface area contributed by atoms with E-state index in [4.69, 9.17) is 0 Å². The predicted molar refractivity (Wildman–Crippen MR) is 80.0 cm³/mol. The Hall–Kier alpha value is -2.83. The van der Waals surface area contributed by atoms with Crippen LogP contribution in [0.1, 0.15) is 5.56 Å². The third-order valence-corrected chi connectivity index (χ3v) is 3.27. The number of carbonyl (C=O) groups is 1. The van der Waals surface area contributed by atoms with Crippen LogP contribution in [-0.4, -0.2) is 21.5 Å². The number of alkyl halides is 3. The molecule has 3 aromatic rings. The highest BCUT2D eigenvalue weighted by Gasteiger charge is 2.38. The Kier molecular flexibility index (Phi) is 3.55. The van der Waals surface area contributed by atoms with Gasteiger partial charge in [-0.2, -0.15) is 13.2 Å². The molecule has 0 bridgehead atoms. The lowest BCUT2D eigenvalue weighted by Gasteiger charge is -2.08. The van der Waals surface area contributed by atoms with Gasteiger partial charge in [-0.1, -0.05) is 18.2 Å². The number of fused-ring (bicyclic) bond motifs is 1. The molecule has 4 nitrogen and oxygen atoms in total. The first-order valence-corrected chi connectivity index (χ1v) is 6.77. The molecule has 0 aliphatic heterocycles. The van der Waals surface area contributed by atoms with Gasteiger partial charge in [0.05, 0.1) is 5.69 Å². The number of amides is 1. The van der Waals surface area contributed by atoms with Crippen molar-refractivity contribution in [2.75, 3.05) is 5.32 Å². The minimum absolute atomic E-state index is 0.0676. The van der Waals surface area contributed by atoms with E-state index in [-0.39, 0.29) is 5.69 Å². The predicted octanol–water partition coefficient (Wildman–Crippen LogP) is 3.81. The van der Waals surface area contributed by atoms with Gasteiger partial charge in [0.15, 0.2) is 0 Å². The topological polar surface area (TPSA) is 46.4 Å². The number of imidazole rings is 1. The van der Waals surface area contributed by atoms with Crippen LogP contribution in [0, 0.1) is 6.92 Å². The van der Waals surface area contributed by atoms with Crippen molar-refractivity contribution in [3.05, 3.63) is 54.4 Å². The van der Waals surface area contributed by atoms with Gasteiger partial charge < -0.3 is 9.72 Å². The molecular weight excluding hydrogens is 307 g/mol. The molecule has 0 fully saturated rings.